The highest BCUT2D eigenvalue weighted by atomic mass is 16.5. The summed E-state index contributed by atoms with van der Waals surface area (Å²) in [5, 5.41) is 0. The SMILES string of the molecule is CCCC(N)CN(CC)CCOC. The lowest BCUT2D eigenvalue weighted by Crippen LogP contribution is -2.38. The van der Waals surface area contributed by atoms with E-state index in [-0.39, 0.29) is 0 Å². The molecule has 1 unspecified atom stereocenters. The molecule has 1 atom stereocenters. The van der Waals surface area contributed by atoms with Crippen molar-refractivity contribution < 1.29 is 4.74 Å². The second-order valence-electron chi connectivity index (χ2n) is 3.43. The number of methoxy groups -OCH3 is 1. The molecule has 0 heterocycles. The molecule has 0 rings (SSSR count). The Morgan fingerprint density at radius 2 is 2.08 bits per heavy atom. The molecule has 0 spiro atoms. The number of hydrogen-bond acceptors (Lipinski definition) is 3. The molecule has 80 valence electrons. The van der Waals surface area contributed by atoms with Gasteiger partial charge in [-0.15, -0.1) is 0 Å². The van der Waals surface area contributed by atoms with E-state index in [9.17, 15) is 0 Å². The normalized spacial score (nSPS) is 13.6. The third-order valence-electron chi connectivity index (χ3n) is 2.21. The predicted octanol–water partition coefficient (Wildman–Crippen LogP) is 1.08. The largest absolute Gasteiger partial charge is 0.383 e. The van der Waals surface area contributed by atoms with Crippen LogP contribution in [0.5, 0.6) is 0 Å². The van der Waals surface area contributed by atoms with E-state index < -0.39 is 0 Å². The molecule has 0 aromatic carbocycles. The van der Waals surface area contributed by atoms with Gasteiger partial charge in [-0.05, 0) is 13.0 Å². The van der Waals surface area contributed by atoms with Crippen LogP contribution in [0.3, 0.4) is 0 Å². The highest BCUT2D eigenvalue weighted by molar-refractivity contribution is 4.66. The second-order valence-corrected chi connectivity index (χ2v) is 3.43. The molecule has 0 radical (unpaired) electrons. The minimum Gasteiger partial charge on any atom is -0.383 e. The Morgan fingerprint density at radius 3 is 2.54 bits per heavy atom. The number of ether oxygens (including phenoxy) is 1. The van der Waals surface area contributed by atoms with Gasteiger partial charge in [-0.25, -0.2) is 0 Å². The number of likely N-dealkylation sites (N-methyl/N-ethyl adjacent to an activating group) is 1. The van der Waals surface area contributed by atoms with Crippen LogP contribution in [0.2, 0.25) is 0 Å². The first-order valence-electron chi connectivity index (χ1n) is 5.21. The smallest absolute Gasteiger partial charge is 0.0589 e. The van der Waals surface area contributed by atoms with Gasteiger partial charge in [0.25, 0.3) is 0 Å². The standard InChI is InChI=1S/C10H24N2O/c1-4-6-10(11)9-12(5-2)7-8-13-3/h10H,4-9,11H2,1-3H3. The molecule has 3 nitrogen and oxygen atoms in total. The maximum absolute atomic E-state index is 5.95. The maximum Gasteiger partial charge on any atom is 0.0589 e. The summed E-state index contributed by atoms with van der Waals surface area (Å²) in [6, 6.07) is 0.321. The van der Waals surface area contributed by atoms with Gasteiger partial charge in [-0.1, -0.05) is 20.3 Å². The Hall–Kier alpha value is -0.120. The molecule has 0 aromatic rings. The van der Waals surface area contributed by atoms with Crippen molar-refractivity contribution in [1.82, 2.24) is 4.90 Å². The topological polar surface area (TPSA) is 38.5 Å². The Kier molecular flexibility index (Phi) is 8.40. The van der Waals surface area contributed by atoms with Crippen molar-refractivity contribution in [2.75, 3.05) is 33.4 Å². The molecule has 0 aliphatic rings. The molecular weight excluding hydrogens is 164 g/mol. The number of hydrogen-bond donors (Lipinski definition) is 1. The Labute approximate surface area is 82.2 Å². The van der Waals surface area contributed by atoms with Crippen LogP contribution in [0.1, 0.15) is 26.7 Å². The summed E-state index contributed by atoms with van der Waals surface area (Å²) in [5.74, 6) is 0. The van der Waals surface area contributed by atoms with E-state index in [1.54, 1.807) is 7.11 Å². The van der Waals surface area contributed by atoms with Crippen molar-refractivity contribution in [3.8, 4) is 0 Å². The van der Waals surface area contributed by atoms with Gasteiger partial charge in [0.15, 0.2) is 0 Å². The summed E-state index contributed by atoms with van der Waals surface area (Å²) in [6.45, 7) is 8.17. The molecule has 0 amide bonds. The molecule has 0 aliphatic heterocycles. The Balaban J connectivity index is 3.56. The first-order valence-corrected chi connectivity index (χ1v) is 5.21. The van der Waals surface area contributed by atoms with Crippen LogP contribution in [0.4, 0.5) is 0 Å². The Morgan fingerprint density at radius 1 is 1.38 bits per heavy atom. The third-order valence-corrected chi connectivity index (χ3v) is 2.21. The summed E-state index contributed by atoms with van der Waals surface area (Å²) < 4.78 is 5.03. The van der Waals surface area contributed by atoms with Crippen LogP contribution in [-0.2, 0) is 4.74 Å². The summed E-state index contributed by atoms with van der Waals surface area (Å²) in [7, 11) is 1.74. The number of rotatable bonds is 8. The first-order chi connectivity index (χ1) is 6.24. The van der Waals surface area contributed by atoms with Crippen molar-refractivity contribution >= 4 is 0 Å². The zero-order valence-corrected chi connectivity index (χ0v) is 9.25. The van der Waals surface area contributed by atoms with Crippen molar-refractivity contribution in [2.24, 2.45) is 5.73 Å². The van der Waals surface area contributed by atoms with Crippen LogP contribution in [-0.4, -0.2) is 44.3 Å². The van der Waals surface area contributed by atoms with Gasteiger partial charge in [0, 0.05) is 26.2 Å². The van der Waals surface area contributed by atoms with E-state index in [4.69, 9.17) is 10.5 Å². The summed E-state index contributed by atoms with van der Waals surface area (Å²) in [6.07, 6.45) is 2.28. The lowest BCUT2D eigenvalue weighted by molar-refractivity contribution is 0.146. The molecule has 3 heteroatoms. The van der Waals surface area contributed by atoms with Gasteiger partial charge < -0.3 is 10.5 Å². The van der Waals surface area contributed by atoms with E-state index in [0.29, 0.717) is 6.04 Å². The van der Waals surface area contributed by atoms with Gasteiger partial charge >= 0.3 is 0 Å². The van der Waals surface area contributed by atoms with E-state index >= 15 is 0 Å². The van der Waals surface area contributed by atoms with Crippen LogP contribution >= 0.6 is 0 Å². The second kappa shape index (κ2) is 8.48. The van der Waals surface area contributed by atoms with Crippen LogP contribution in [0, 0.1) is 0 Å². The average molecular weight is 188 g/mol. The van der Waals surface area contributed by atoms with Crippen LogP contribution in [0.25, 0.3) is 0 Å². The van der Waals surface area contributed by atoms with E-state index in [1.165, 1.54) is 6.42 Å². The van der Waals surface area contributed by atoms with Gasteiger partial charge in [0.1, 0.15) is 0 Å². The molecule has 0 aliphatic carbocycles. The predicted molar refractivity (Wildman–Crippen MR) is 56.9 cm³/mol. The fourth-order valence-electron chi connectivity index (χ4n) is 1.39. The third kappa shape index (κ3) is 6.99. The maximum atomic E-state index is 5.95. The lowest BCUT2D eigenvalue weighted by Gasteiger charge is -2.23. The van der Waals surface area contributed by atoms with Crippen LogP contribution in [0.15, 0.2) is 0 Å². The van der Waals surface area contributed by atoms with Gasteiger partial charge in [0.2, 0.25) is 0 Å². The zero-order chi connectivity index (χ0) is 10.1. The highest BCUT2D eigenvalue weighted by Gasteiger charge is 2.07. The van der Waals surface area contributed by atoms with E-state index in [2.05, 4.69) is 18.7 Å². The molecule has 0 saturated carbocycles. The Bertz CT molecular complexity index is 109. The highest BCUT2D eigenvalue weighted by Crippen LogP contribution is 1.97. The van der Waals surface area contributed by atoms with E-state index in [0.717, 1.165) is 32.7 Å². The monoisotopic (exact) mass is 188 g/mol. The fourth-order valence-corrected chi connectivity index (χ4v) is 1.39. The molecule has 0 bridgehead atoms. The summed E-state index contributed by atoms with van der Waals surface area (Å²) in [4.78, 5) is 2.34. The molecule has 0 aromatic heterocycles. The van der Waals surface area contributed by atoms with Gasteiger partial charge in [0.05, 0.1) is 6.61 Å². The lowest BCUT2D eigenvalue weighted by atomic mass is 10.2. The average Bonchev–Trinajstić information content (AvgIpc) is 2.12. The number of nitrogens with two attached hydrogens (primary N) is 1. The fraction of sp³-hybridized carbons (Fsp3) is 1.00. The quantitative estimate of drug-likeness (QED) is 0.619. The van der Waals surface area contributed by atoms with Crippen molar-refractivity contribution in [3.63, 3.8) is 0 Å². The van der Waals surface area contributed by atoms with Gasteiger partial charge in [-0.2, -0.15) is 0 Å². The number of nitrogens with zero attached hydrogens (tertiary/aromatic N) is 1. The zero-order valence-electron chi connectivity index (χ0n) is 9.25. The van der Waals surface area contributed by atoms with Crippen LogP contribution < -0.4 is 5.73 Å². The molecule has 13 heavy (non-hydrogen) atoms. The van der Waals surface area contributed by atoms with Crippen molar-refractivity contribution in [2.45, 2.75) is 32.7 Å². The molecule has 2 N–H and O–H groups in total. The summed E-state index contributed by atoms with van der Waals surface area (Å²) in [5.41, 5.74) is 5.95. The minimum atomic E-state index is 0.321. The van der Waals surface area contributed by atoms with Crippen molar-refractivity contribution in [1.29, 1.82) is 0 Å². The van der Waals surface area contributed by atoms with Gasteiger partial charge in [-0.3, -0.25) is 4.90 Å². The first kappa shape index (κ1) is 12.9. The molecule has 0 fully saturated rings. The van der Waals surface area contributed by atoms with E-state index in [1.807, 2.05) is 0 Å². The van der Waals surface area contributed by atoms with Crippen molar-refractivity contribution in [3.05, 3.63) is 0 Å². The summed E-state index contributed by atoms with van der Waals surface area (Å²) >= 11 is 0. The molecule has 0 saturated heterocycles. The molecular formula is C10H24N2O. The minimum absolute atomic E-state index is 0.321.